The molecule has 0 N–H and O–H groups in total. The minimum absolute atomic E-state index is 0.993. The van der Waals surface area contributed by atoms with Crippen LogP contribution in [0.1, 0.15) is 5.56 Å². The number of hydrogen-bond acceptors (Lipinski definition) is 3. The van der Waals surface area contributed by atoms with Gasteiger partial charge in [0.1, 0.15) is 13.4 Å². The SMILES string of the molecule is CON=Cc1ccc(-n2cnc3ccccc32)cc1. The average Bonchev–Trinajstić information content (AvgIpc) is 2.90. The largest absolute Gasteiger partial charge is 0.399 e. The number of rotatable bonds is 3. The Morgan fingerprint density at radius 1 is 1.11 bits per heavy atom. The highest BCUT2D eigenvalue weighted by atomic mass is 16.6. The topological polar surface area (TPSA) is 39.4 Å². The van der Waals surface area contributed by atoms with Crippen molar-refractivity contribution in [3.05, 3.63) is 60.4 Å². The molecule has 94 valence electrons. The summed E-state index contributed by atoms with van der Waals surface area (Å²) in [5.41, 5.74) is 4.16. The molecule has 0 fully saturated rings. The molecule has 0 atom stereocenters. The van der Waals surface area contributed by atoms with E-state index in [0.29, 0.717) is 0 Å². The molecule has 0 bridgehead atoms. The Hall–Kier alpha value is -2.62. The van der Waals surface area contributed by atoms with Crippen molar-refractivity contribution in [2.24, 2.45) is 5.16 Å². The van der Waals surface area contributed by atoms with E-state index in [1.165, 1.54) is 7.11 Å². The number of oxime groups is 1. The Bertz CT molecular complexity index is 714. The van der Waals surface area contributed by atoms with Gasteiger partial charge in [0, 0.05) is 5.69 Å². The summed E-state index contributed by atoms with van der Waals surface area (Å²) in [7, 11) is 1.53. The summed E-state index contributed by atoms with van der Waals surface area (Å²) >= 11 is 0. The number of nitrogens with zero attached hydrogens (tertiary/aromatic N) is 3. The van der Waals surface area contributed by atoms with E-state index in [0.717, 1.165) is 22.3 Å². The number of fused-ring (bicyclic) bond motifs is 1. The highest BCUT2D eigenvalue weighted by molar-refractivity contribution is 5.80. The van der Waals surface area contributed by atoms with Crippen LogP contribution in [0, 0.1) is 0 Å². The fraction of sp³-hybridized carbons (Fsp3) is 0.0667. The Morgan fingerprint density at radius 3 is 2.68 bits per heavy atom. The van der Waals surface area contributed by atoms with Gasteiger partial charge < -0.3 is 4.84 Å². The van der Waals surface area contributed by atoms with Crippen molar-refractivity contribution in [1.29, 1.82) is 0 Å². The van der Waals surface area contributed by atoms with Gasteiger partial charge in [-0.15, -0.1) is 0 Å². The Kier molecular flexibility index (Phi) is 2.98. The second kappa shape index (κ2) is 4.94. The first-order valence-electron chi connectivity index (χ1n) is 5.97. The van der Waals surface area contributed by atoms with E-state index >= 15 is 0 Å². The quantitative estimate of drug-likeness (QED) is 0.530. The van der Waals surface area contributed by atoms with Crippen molar-refractivity contribution in [3.8, 4) is 5.69 Å². The van der Waals surface area contributed by atoms with Crippen LogP contribution in [-0.2, 0) is 4.84 Å². The molecule has 0 spiro atoms. The summed E-state index contributed by atoms with van der Waals surface area (Å²) < 4.78 is 2.06. The molecule has 0 aliphatic heterocycles. The summed E-state index contributed by atoms with van der Waals surface area (Å²) in [5.74, 6) is 0. The smallest absolute Gasteiger partial charge is 0.106 e. The lowest BCUT2D eigenvalue weighted by Gasteiger charge is -2.04. The Balaban J connectivity index is 2.00. The third-order valence-electron chi connectivity index (χ3n) is 2.93. The molecule has 0 aliphatic rings. The van der Waals surface area contributed by atoms with Crippen LogP contribution in [0.2, 0.25) is 0 Å². The van der Waals surface area contributed by atoms with E-state index in [1.54, 1.807) is 6.21 Å². The second-order valence-corrected chi connectivity index (χ2v) is 4.11. The minimum atomic E-state index is 0.993. The molecule has 3 rings (SSSR count). The van der Waals surface area contributed by atoms with Gasteiger partial charge in [0.15, 0.2) is 0 Å². The Labute approximate surface area is 111 Å². The molecule has 0 radical (unpaired) electrons. The summed E-state index contributed by atoms with van der Waals surface area (Å²) in [6, 6.07) is 16.1. The van der Waals surface area contributed by atoms with Crippen molar-refractivity contribution in [3.63, 3.8) is 0 Å². The summed E-state index contributed by atoms with van der Waals surface area (Å²) in [6.45, 7) is 0. The van der Waals surface area contributed by atoms with E-state index in [2.05, 4.69) is 25.6 Å². The molecule has 19 heavy (non-hydrogen) atoms. The van der Waals surface area contributed by atoms with E-state index in [4.69, 9.17) is 0 Å². The van der Waals surface area contributed by atoms with Crippen LogP contribution in [0.3, 0.4) is 0 Å². The molecule has 1 aromatic heterocycles. The Morgan fingerprint density at radius 2 is 1.89 bits per heavy atom. The normalized spacial score (nSPS) is 11.2. The number of hydrogen-bond donors (Lipinski definition) is 0. The van der Waals surface area contributed by atoms with Crippen molar-refractivity contribution in [2.75, 3.05) is 7.11 Å². The van der Waals surface area contributed by atoms with Gasteiger partial charge in [-0.1, -0.05) is 29.4 Å². The number of aromatic nitrogens is 2. The molecular weight excluding hydrogens is 238 g/mol. The first kappa shape index (κ1) is 11.5. The lowest BCUT2D eigenvalue weighted by Crippen LogP contribution is -1.92. The first-order chi connectivity index (χ1) is 9.38. The van der Waals surface area contributed by atoms with Crippen LogP contribution in [0.15, 0.2) is 60.0 Å². The van der Waals surface area contributed by atoms with Crippen molar-refractivity contribution in [1.82, 2.24) is 9.55 Å². The standard InChI is InChI=1S/C15H13N3O/c1-19-17-10-12-6-8-13(9-7-12)18-11-16-14-4-2-3-5-15(14)18/h2-11H,1H3. The highest BCUT2D eigenvalue weighted by Gasteiger charge is 2.03. The maximum Gasteiger partial charge on any atom is 0.106 e. The molecule has 3 aromatic rings. The van der Waals surface area contributed by atoms with Crippen LogP contribution >= 0.6 is 0 Å². The predicted octanol–water partition coefficient (Wildman–Crippen LogP) is 3.01. The third kappa shape index (κ3) is 2.20. The van der Waals surface area contributed by atoms with Crippen molar-refractivity contribution < 1.29 is 4.84 Å². The lowest BCUT2D eigenvalue weighted by molar-refractivity contribution is 0.215. The van der Waals surface area contributed by atoms with Gasteiger partial charge in [-0.3, -0.25) is 4.57 Å². The molecule has 0 aliphatic carbocycles. The van der Waals surface area contributed by atoms with Gasteiger partial charge >= 0.3 is 0 Å². The van der Waals surface area contributed by atoms with E-state index in [9.17, 15) is 0 Å². The van der Waals surface area contributed by atoms with Crippen LogP contribution in [0.5, 0.6) is 0 Å². The first-order valence-corrected chi connectivity index (χ1v) is 5.97. The molecule has 1 heterocycles. The monoisotopic (exact) mass is 251 g/mol. The summed E-state index contributed by atoms with van der Waals surface area (Å²) in [4.78, 5) is 9.04. The number of imidazole rings is 1. The van der Waals surface area contributed by atoms with Crippen molar-refractivity contribution >= 4 is 17.2 Å². The zero-order valence-electron chi connectivity index (χ0n) is 10.5. The van der Waals surface area contributed by atoms with Gasteiger partial charge in [-0.05, 0) is 29.8 Å². The van der Waals surface area contributed by atoms with E-state index in [-0.39, 0.29) is 0 Å². The van der Waals surface area contributed by atoms with Crippen LogP contribution in [0.25, 0.3) is 16.7 Å². The average molecular weight is 251 g/mol. The number of para-hydroxylation sites is 2. The van der Waals surface area contributed by atoms with Crippen LogP contribution < -0.4 is 0 Å². The zero-order valence-corrected chi connectivity index (χ0v) is 10.5. The second-order valence-electron chi connectivity index (χ2n) is 4.11. The summed E-state index contributed by atoms with van der Waals surface area (Å²) in [6.07, 6.45) is 3.51. The highest BCUT2D eigenvalue weighted by Crippen LogP contribution is 2.17. The molecular formula is C15H13N3O. The van der Waals surface area contributed by atoms with E-state index < -0.39 is 0 Å². The maximum atomic E-state index is 4.66. The van der Waals surface area contributed by atoms with Gasteiger partial charge in [0.2, 0.25) is 0 Å². The molecule has 0 saturated heterocycles. The van der Waals surface area contributed by atoms with Gasteiger partial charge in [-0.2, -0.15) is 0 Å². The maximum absolute atomic E-state index is 4.66. The van der Waals surface area contributed by atoms with Gasteiger partial charge in [-0.25, -0.2) is 4.98 Å². The molecule has 4 nitrogen and oxygen atoms in total. The third-order valence-corrected chi connectivity index (χ3v) is 2.93. The molecule has 4 heteroatoms. The molecule has 0 saturated carbocycles. The number of benzene rings is 2. The van der Waals surface area contributed by atoms with Gasteiger partial charge in [0.25, 0.3) is 0 Å². The van der Waals surface area contributed by atoms with Crippen LogP contribution in [-0.4, -0.2) is 22.9 Å². The fourth-order valence-electron chi connectivity index (χ4n) is 2.00. The molecule has 2 aromatic carbocycles. The van der Waals surface area contributed by atoms with Crippen molar-refractivity contribution in [2.45, 2.75) is 0 Å². The van der Waals surface area contributed by atoms with Crippen LogP contribution in [0.4, 0.5) is 0 Å². The molecule has 0 unspecified atom stereocenters. The molecule has 0 amide bonds. The predicted molar refractivity (Wildman–Crippen MR) is 75.7 cm³/mol. The minimum Gasteiger partial charge on any atom is -0.399 e. The van der Waals surface area contributed by atoms with Gasteiger partial charge in [0.05, 0.1) is 17.2 Å². The van der Waals surface area contributed by atoms with E-state index in [1.807, 2.05) is 48.8 Å². The summed E-state index contributed by atoms with van der Waals surface area (Å²) in [5, 5.41) is 3.74. The fourth-order valence-corrected chi connectivity index (χ4v) is 2.00. The zero-order chi connectivity index (χ0) is 13.1. The lowest BCUT2D eigenvalue weighted by atomic mass is 10.2.